The second-order valence-corrected chi connectivity index (χ2v) is 5.74. The van der Waals surface area contributed by atoms with Gasteiger partial charge in [-0.25, -0.2) is 4.79 Å². The van der Waals surface area contributed by atoms with Gasteiger partial charge in [-0.05, 0) is 42.5 Å². The van der Waals surface area contributed by atoms with Crippen LogP contribution in [0.15, 0.2) is 24.3 Å². The number of ether oxygens (including phenoxy) is 1. The lowest BCUT2D eigenvalue weighted by molar-refractivity contribution is 0.0600. The number of esters is 1. The van der Waals surface area contributed by atoms with E-state index in [1.807, 2.05) is 24.3 Å². The summed E-state index contributed by atoms with van der Waals surface area (Å²) in [5, 5.41) is 3.54. The number of rotatable bonds is 2. The van der Waals surface area contributed by atoms with E-state index in [0.717, 1.165) is 13.0 Å². The summed E-state index contributed by atoms with van der Waals surface area (Å²) in [5.74, 6) is -0.279. The van der Waals surface area contributed by atoms with E-state index in [4.69, 9.17) is 4.74 Å². The molecule has 1 atom stereocenters. The lowest BCUT2D eigenvalue weighted by atomic mass is 9.78. The molecule has 1 unspecified atom stereocenters. The van der Waals surface area contributed by atoms with Crippen molar-refractivity contribution >= 4 is 5.97 Å². The number of carbonyl (C=O) groups excluding carboxylic acids is 1. The van der Waals surface area contributed by atoms with Crippen LogP contribution in [0.3, 0.4) is 0 Å². The Morgan fingerprint density at radius 1 is 1.33 bits per heavy atom. The number of piperidine rings is 1. The van der Waals surface area contributed by atoms with Crippen LogP contribution in [0.5, 0.6) is 0 Å². The molecule has 1 saturated heterocycles. The van der Waals surface area contributed by atoms with Crippen LogP contribution in [0.1, 0.15) is 48.7 Å². The van der Waals surface area contributed by atoms with Crippen molar-refractivity contribution < 1.29 is 9.53 Å². The molecule has 0 bridgehead atoms. The summed E-state index contributed by atoms with van der Waals surface area (Å²) >= 11 is 0. The van der Waals surface area contributed by atoms with Crippen LogP contribution >= 0.6 is 0 Å². The number of benzene rings is 1. The summed E-state index contributed by atoms with van der Waals surface area (Å²) < 4.78 is 4.70. The fraction of sp³-hybridized carbons (Fsp3) is 0.533. The zero-order valence-corrected chi connectivity index (χ0v) is 11.3. The molecule has 0 radical (unpaired) electrons. The molecule has 0 spiro atoms. The molecule has 0 aliphatic carbocycles. The molecule has 1 aromatic rings. The largest absolute Gasteiger partial charge is 0.465 e. The van der Waals surface area contributed by atoms with Gasteiger partial charge in [0, 0.05) is 6.04 Å². The molecule has 2 rings (SSSR count). The van der Waals surface area contributed by atoms with Gasteiger partial charge in [-0.3, -0.25) is 0 Å². The maximum Gasteiger partial charge on any atom is 0.337 e. The summed E-state index contributed by atoms with van der Waals surface area (Å²) in [6.07, 6.45) is 2.34. The van der Waals surface area contributed by atoms with Gasteiger partial charge in [-0.2, -0.15) is 0 Å². The maximum absolute atomic E-state index is 11.4. The summed E-state index contributed by atoms with van der Waals surface area (Å²) in [4.78, 5) is 11.4. The summed E-state index contributed by atoms with van der Waals surface area (Å²) in [6, 6.07) is 8.10. The van der Waals surface area contributed by atoms with Crippen LogP contribution in [0.2, 0.25) is 0 Å². The molecular formula is C15H21NO2. The van der Waals surface area contributed by atoms with E-state index in [9.17, 15) is 4.79 Å². The van der Waals surface area contributed by atoms with Crippen LogP contribution in [-0.4, -0.2) is 19.6 Å². The SMILES string of the molecule is COC(=O)c1ccc(C2CC(C)(C)CCN2)cc1. The minimum absolute atomic E-state index is 0.279. The number of hydrogen-bond acceptors (Lipinski definition) is 3. The van der Waals surface area contributed by atoms with E-state index < -0.39 is 0 Å². The molecule has 1 heterocycles. The Morgan fingerprint density at radius 3 is 2.56 bits per heavy atom. The summed E-state index contributed by atoms with van der Waals surface area (Å²) in [5.41, 5.74) is 2.24. The molecule has 0 saturated carbocycles. The van der Waals surface area contributed by atoms with E-state index in [-0.39, 0.29) is 5.97 Å². The molecule has 1 aromatic carbocycles. The van der Waals surface area contributed by atoms with Gasteiger partial charge >= 0.3 is 5.97 Å². The van der Waals surface area contributed by atoms with Gasteiger partial charge in [-0.1, -0.05) is 26.0 Å². The van der Waals surface area contributed by atoms with Gasteiger partial charge in [0.25, 0.3) is 0 Å². The minimum Gasteiger partial charge on any atom is -0.465 e. The van der Waals surface area contributed by atoms with Gasteiger partial charge < -0.3 is 10.1 Å². The zero-order chi connectivity index (χ0) is 13.2. The van der Waals surface area contributed by atoms with Crippen LogP contribution in [0.4, 0.5) is 0 Å². The van der Waals surface area contributed by atoms with Crippen LogP contribution < -0.4 is 5.32 Å². The standard InChI is InChI=1S/C15H21NO2/c1-15(2)8-9-16-13(10-15)11-4-6-12(7-5-11)14(17)18-3/h4-7,13,16H,8-10H2,1-3H3. The third kappa shape index (κ3) is 2.91. The van der Waals surface area contributed by atoms with E-state index in [1.165, 1.54) is 19.1 Å². The fourth-order valence-corrected chi connectivity index (χ4v) is 2.52. The fourth-order valence-electron chi connectivity index (χ4n) is 2.52. The third-order valence-corrected chi connectivity index (χ3v) is 3.68. The smallest absolute Gasteiger partial charge is 0.337 e. The Balaban J connectivity index is 2.12. The van der Waals surface area contributed by atoms with E-state index in [1.54, 1.807) is 0 Å². The van der Waals surface area contributed by atoms with Gasteiger partial charge in [0.2, 0.25) is 0 Å². The minimum atomic E-state index is -0.279. The Hall–Kier alpha value is -1.35. The molecule has 98 valence electrons. The third-order valence-electron chi connectivity index (χ3n) is 3.68. The van der Waals surface area contributed by atoms with Crippen LogP contribution in [0.25, 0.3) is 0 Å². The molecule has 0 aromatic heterocycles. The number of methoxy groups -OCH3 is 1. The zero-order valence-electron chi connectivity index (χ0n) is 11.3. The first-order chi connectivity index (χ1) is 8.52. The highest BCUT2D eigenvalue weighted by Gasteiger charge is 2.28. The predicted molar refractivity (Wildman–Crippen MR) is 71.5 cm³/mol. The molecule has 1 aliphatic heterocycles. The van der Waals surface area contributed by atoms with E-state index >= 15 is 0 Å². The van der Waals surface area contributed by atoms with Crippen LogP contribution in [0, 0.1) is 5.41 Å². The first-order valence-electron chi connectivity index (χ1n) is 6.43. The van der Waals surface area contributed by atoms with Crippen molar-refractivity contribution in [3.05, 3.63) is 35.4 Å². The van der Waals surface area contributed by atoms with Crippen molar-refractivity contribution in [1.82, 2.24) is 5.32 Å². The Morgan fingerprint density at radius 2 is 2.00 bits per heavy atom. The van der Waals surface area contributed by atoms with E-state index in [2.05, 4.69) is 19.2 Å². The van der Waals surface area contributed by atoms with Crippen molar-refractivity contribution in [1.29, 1.82) is 0 Å². The lowest BCUT2D eigenvalue weighted by Gasteiger charge is -2.36. The molecule has 1 aliphatic rings. The second-order valence-electron chi connectivity index (χ2n) is 5.74. The molecular weight excluding hydrogens is 226 g/mol. The quantitative estimate of drug-likeness (QED) is 0.817. The molecule has 18 heavy (non-hydrogen) atoms. The van der Waals surface area contributed by atoms with Gasteiger partial charge in [0.1, 0.15) is 0 Å². The number of hydrogen-bond donors (Lipinski definition) is 1. The molecule has 1 N–H and O–H groups in total. The van der Waals surface area contributed by atoms with Crippen molar-refractivity contribution in [2.24, 2.45) is 5.41 Å². The first-order valence-corrected chi connectivity index (χ1v) is 6.43. The van der Waals surface area contributed by atoms with Gasteiger partial charge in [0.05, 0.1) is 12.7 Å². The Bertz CT molecular complexity index is 423. The normalized spacial score (nSPS) is 22.5. The molecule has 3 heteroatoms. The Kier molecular flexibility index (Phi) is 3.71. The van der Waals surface area contributed by atoms with Crippen molar-refractivity contribution in [2.45, 2.75) is 32.7 Å². The van der Waals surface area contributed by atoms with Crippen molar-refractivity contribution in [3.63, 3.8) is 0 Å². The highest BCUT2D eigenvalue weighted by Crippen LogP contribution is 2.36. The highest BCUT2D eigenvalue weighted by atomic mass is 16.5. The Labute approximate surface area is 109 Å². The average Bonchev–Trinajstić information content (AvgIpc) is 2.37. The van der Waals surface area contributed by atoms with Gasteiger partial charge in [0.15, 0.2) is 0 Å². The molecule has 0 amide bonds. The molecule has 3 nitrogen and oxygen atoms in total. The molecule has 1 fully saturated rings. The number of carbonyl (C=O) groups is 1. The number of nitrogens with one attached hydrogen (secondary N) is 1. The highest BCUT2D eigenvalue weighted by molar-refractivity contribution is 5.89. The average molecular weight is 247 g/mol. The van der Waals surface area contributed by atoms with Crippen molar-refractivity contribution in [3.8, 4) is 0 Å². The monoisotopic (exact) mass is 247 g/mol. The van der Waals surface area contributed by atoms with E-state index in [0.29, 0.717) is 17.0 Å². The van der Waals surface area contributed by atoms with Crippen molar-refractivity contribution in [2.75, 3.05) is 13.7 Å². The maximum atomic E-state index is 11.4. The van der Waals surface area contributed by atoms with Gasteiger partial charge in [-0.15, -0.1) is 0 Å². The second kappa shape index (κ2) is 5.11. The predicted octanol–water partition coefficient (Wildman–Crippen LogP) is 2.92. The van der Waals surface area contributed by atoms with Crippen LogP contribution in [-0.2, 0) is 4.74 Å². The first kappa shape index (κ1) is 13.1. The summed E-state index contributed by atoms with van der Waals surface area (Å²) in [6.45, 7) is 5.67. The lowest BCUT2D eigenvalue weighted by Crippen LogP contribution is -2.35. The topological polar surface area (TPSA) is 38.3 Å². The summed E-state index contributed by atoms with van der Waals surface area (Å²) in [7, 11) is 1.40.